The molecule has 0 fully saturated rings. The van der Waals surface area contributed by atoms with Crippen LogP contribution < -0.4 is 0 Å². The van der Waals surface area contributed by atoms with Crippen molar-refractivity contribution in [2.75, 3.05) is 0 Å². The van der Waals surface area contributed by atoms with Gasteiger partial charge in [-0.3, -0.25) is 0 Å². The summed E-state index contributed by atoms with van der Waals surface area (Å²) in [5, 5.41) is 0. The van der Waals surface area contributed by atoms with Crippen LogP contribution in [-0.4, -0.2) is 0 Å². The van der Waals surface area contributed by atoms with Gasteiger partial charge in [0, 0.05) is 5.41 Å². The Bertz CT molecular complexity index is 436. The van der Waals surface area contributed by atoms with E-state index in [1.807, 2.05) is 0 Å². The number of allylic oxidation sites excluding steroid dienone is 8. The molecular weight excluding hydrogens is 228 g/mol. The zero-order valence-corrected chi connectivity index (χ0v) is 13.4. The summed E-state index contributed by atoms with van der Waals surface area (Å²) < 4.78 is 0. The van der Waals surface area contributed by atoms with E-state index in [0.717, 1.165) is 0 Å². The Morgan fingerprint density at radius 3 is 1.42 bits per heavy atom. The van der Waals surface area contributed by atoms with Crippen molar-refractivity contribution in [2.24, 2.45) is 17.3 Å². The molecule has 0 aliphatic heterocycles. The molecule has 0 spiro atoms. The van der Waals surface area contributed by atoms with Crippen LogP contribution in [0.4, 0.5) is 0 Å². The van der Waals surface area contributed by atoms with Crippen molar-refractivity contribution < 1.29 is 0 Å². The lowest BCUT2D eigenvalue weighted by atomic mass is 9.73. The molecule has 2 aliphatic carbocycles. The largest absolute Gasteiger partial charge is 0.0744 e. The van der Waals surface area contributed by atoms with E-state index in [0.29, 0.717) is 11.8 Å². The van der Waals surface area contributed by atoms with Gasteiger partial charge in [0.1, 0.15) is 0 Å². The standard InChI is InChI=1S/C19H28/c1-7-15-9-13(3)17(11-15)19(5,6)18-12-16(8-2)10-14(18)4/h9-12,15-16H,7-8H2,1-6H3. The molecule has 0 saturated carbocycles. The molecule has 0 aromatic heterocycles. The fraction of sp³-hybridized carbons (Fsp3) is 0.579. The summed E-state index contributed by atoms with van der Waals surface area (Å²) in [6.07, 6.45) is 12.3. The predicted octanol–water partition coefficient (Wildman–Crippen LogP) is 5.84. The summed E-state index contributed by atoms with van der Waals surface area (Å²) in [6, 6.07) is 0. The Labute approximate surface area is 119 Å². The van der Waals surface area contributed by atoms with Gasteiger partial charge in [0.15, 0.2) is 0 Å². The second kappa shape index (κ2) is 5.15. The lowest BCUT2D eigenvalue weighted by molar-refractivity contribution is 0.550. The highest BCUT2D eigenvalue weighted by Crippen LogP contribution is 2.47. The van der Waals surface area contributed by atoms with Crippen molar-refractivity contribution in [2.45, 2.75) is 54.4 Å². The molecule has 0 radical (unpaired) electrons. The molecule has 2 rings (SSSR count). The van der Waals surface area contributed by atoms with Crippen LogP contribution in [-0.2, 0) is 0 Å². The molecule has 2 unspecified atom stereocenters. The van der Waals surface area contributed by atoms with Crippen LogP contribution in [0.25, 0.3) is 0 Å². The average Bonchev–Trinajstić information content (AvgIpc) is 2.92. The average molecular weight is 256 g/mol. The monoisotopic (exact) mass is 256 g/mol. The lowest BCUT2D eigenvalue weighted by Gasteiger charge is -2.30. The Morgan fingerprint density at radius 2 is 1.16 bits per heavy atom. The van der Waals surface area contributed by atoms with E-state index in [2.05, 4.69) is 65.8 Å². The second-order valence-corrected chi connectivity index (χ2v) is 6.63. The normalized spacial score (nSPS) is 27.1. The van der Waals surface area contributed by atoms with Crippen molar-refractivity contribution in [3.63, 3.8) is 0 Å². The van der Waals surface area contributed by atoms with Gasteiger partial charge < -0.3 is 0 Å². The zero-order valence-electron chi connectivity index (χ0n) is 13.4. The Morgan fingerprint density at radius 1 is 0.789 bits per heavy atom. The molecule has 0 aromatic rings. The third-order valence-corrected chi connectivity index (χ3v) is 4.83. The maximum Gasteiger partial charge on any atom is 0.0145 e. The van der Waals surface area contributed by atoms with Gasteiger partial charge in [-0.1, -0.05) is 63.1 Å². The number of hydrogen-bond acceptors (Lipinski definition) is 0. The van der Waals surface area contributed by atoms with Crippen molar-refractivity contribution in [3.8, 4) is 0 Å². The first kappa shape index (κ1) is 14.4. The van der Waals surface area contributed by atoms with E-state index in [4.69, 9.17) is 0 Å². The summed E-state index contributed by atoms with van der Waals surface area (Å²) in [6.45, 7) is 13.9. The second-order valence-electron chi connectivity index (χ2n) is 6.63. The van der Waals surface area contributed by atoms with Gasteiger partial charge in [-0.15, -0.1) is 0 Å². The summed E-state index contributed by atoms with van der Waals surface area (Å²) >= 11 is 0. The van der Waals surface area contributed by atoms with Gasteiger partial charge in [0.25, 0.3) is 0 Å². The van der Waals surface area contributed by atoms with Crippen LogP contribution in [0.3, 0.4) is 0 Å². The maximum atomic E-state index is 2.49. The van der Waals surface area contributed by atoms with Crippen molar-refractivity contribution >= 4 is 0 Å². The first-order valence-electron chi connectivity index (χ1n) is 7.72. The van der Waals surface area contributed by atoms with E-state index >= 15 is 0 Å². The van der Waals surface area contributed by atoms with Gasteiger partial charge in [0.2, 0.25) is 0 Å². The quantitative estimate of drug-likeness (QED) is 0.593. The molecule has 0 N–H and O–H groups in total. The van der Waals surface area contributed by atoms with Crippen LogP contribution in [0.2, 0.25) is 0 Å². The van der Waals surface area contributed by atoms with E-state index in [-0.39, 0.29) is 5.41 Å². The molecule has 0 nitrogen and oxygen atoms in total. The molecule has 0 heteroatoms. The zero-order chi connectivity index (χ0) is 14.2. The SMILES string of the molecule is CCC1C=C(C)C(C(C)(C)C2=CC(CC)C=C2C)=C1. The molecule has 2 atom stereocenters. The summed E-state index contributed by atoms with van der Waals surface area (Å²) in [7, 11) is 0. The minimum atomic E-state index is 0.148. The van der Waals surface area contributed by atoms with Crippen LogP contribution >= 0.6 is 0 Å². The molecule has 0 amide bonds. The van der Waals surface area contributed by atoms with E-state index in [1.54, 1.807) is 0 Å². The molecule has 2 aliphatic rings. The van der Waals surface area contributed by atoms with E-state index < -0.39 is 0 Å². The Hall–Kier alpha value is -1.04. The minimum absolute atomic E-state index is 0.148. The number of rotatable bonds is 4. The third kappa shape index (κ3) is 2.50. The Kier molecular flexibility index (Phi) is 3.90. The fourth-order valence-corrected chi connectivity index (χ4v) is 3.63. The summed E-state index contributed by atoms with van der Waals surface area (Å²) in [5.41, 5.74) is 6.18. The minimum Gasteiger partial charge on any atom is -0.0744 e. The molecule has 104 valence electrons. The van der Waals surface area contributed by atoms with Gasteiger partial charge in [-0.25, -0.2) is 0 Å². The van der Waals surface area contributed by atoms with Crippen molar-refractivity contribution in [3.05, 3.63) is 46.6 Å². The van der Waals surface area contributed by atoms with Crippen molar-refractivity contribution in [1.82, 2.24) is 0 Å². The van der Waals surface area contributed by atoms with E-state index in [9.17, 15) is 0 Å². The van der Waals surface area contributed by atoms with Gasteiger partial charge in [-0.05, 0) is 49.7 Å². The van der Waals surface area contributed by atoms with Crippen LogP contribution in [0, 0.1) is 17.3 Å². The topological polar surface area (TPSA) is 0 Å². The van der Waals surface area contributed by atoms with Gasteiger partial charge in [-0.2, -0.15) is 0 Å². The molecular formula is C19H28. The first-order valence-corrected chi connectivity index (χ1v) is 7.72. The summed E-state index contributed by atoms with van der Waals surface area (Å²) in [5.74, 6) is 1.28. The van der Waals surface area contributed by atoms with E-state index in [1.165, 1.54) is 35.1 Å². The molecule has 0 heterocycles. The lowest BCUT2D eigenvalue weighted by Crippen LogP contribution is -2.18. The highest BCUT2D eigenvalue weighted by Gasteiger charge is 2.34. The van der Waals surface area contributed by atoms with Gasteiger partial charge in [0.05, 0.1) is 0 Å². The smallest absolute Gasteiger partial charge is 0.0145 e. The van der Waals surface area contributed by atoms with Crippen molar-refractivity contribution in [1.29, 1.82) is 0 Å². The van der Waals surface area contributed by atoms with Crippen LogP contribution in [0.5, 0.6) is 0 Å². The van der Waals surface area contributed by atoms with Crippen LogP contribution in [0.15, 0.2) is 46.6 Å². The molecule has 0 bridgehead atoms. The fourth-order valence-electron chi connectivity index (χ4n) is 3.63. The molecule has 0 aromatic carbocycles. The van der Waals surface area contributed by atoms with Crippen LogP contribution in [0.1, 0.15) is 54.4 Å². The summed E-state index contributed by atoms with van der Waals surface area (Å²) in [4.78, 5) is 0. The maximum absolute atomic E-state index is 2.49. The third-order valence-electron chi connectivity index (χ3n) is 4.83. The highest BCUT2D eigenvalue weighted by atomic mass is 14.4. The highest BCUT2D eigenvalue weighted by molar-refractivity contribution is 5.53. The first-order chi connectivity index (χ1) is 8.90. The van der Waals surface area contributed by atoms with Gasteiger partial charge >= 0.3 is 0 Å². The molecule has 19 heavy (non-hydrogen) atoms. The number of hydrogen-bond donors (Lipinski definition) is 0. The Balaban J connectivity index is 2.35. The molecule has 0 saturated heterocycles. The predicted molar refractivity (Wildman–Crippen MR) is 85.0 cm³/mol.